The highest BCUT2D eigenvalue weighted by Crippen LogP contribution is 2.28. The molecule has 0 bridgehead atoms. The molecule has 0 amide bonds. The molecule has 0 aliphatic carbocycles. The van der Waals surface area contributed by atoms with Gasteiger partial charge >= 0.3 is 0 Å². The molecular formula is C14H17NOS2. The first-order valence-electron chi connectivity index (χ1n) is 5.81. The van der Waals surface area contributed by atoms with Crippen molar-refractivity contribution in [1.29, 1.82) is 0 Å². The minimum Gasteiger partial charge on any atom is -0.497 e. The SMILES string of the molecule is CNC(CSc1cccs1)c1ccc(OC)cc1. The number of nitrogens with one attached hydrogen (secondary N) is 1. The molecule has 1 aromatic heterocycles. The molecule has 0 saturated heterocycles. The van der Waals surface area contributed by atoms with E-state index in [-0.39, 0.29) is 0 Å². The van der Waals surface area contributed by atoms with Crippen LogP contribution in [0.4, 0.5) is 0 Å². The van der Waals surface area contributed by atoms with Gasteiger partial charge in [0.25, 0.3) is 0 Å². The molecule has 2 rings (SSSR count). The van der Waals surface area contributed by atoms with Crippen LogP contribution in [-0.4, -0.2) is 19.9 Å². The van der Waals surface area contributed by atoms with E-state index in [0.29, 0.717) is 6.04 Å². The van der Waals surface area contributed by atoms with Crippen LogP contribution in [0.2, 0.25) is 0 Å². The lowest BCUT2D eigenvalue weighted by molar-refractivity contribution is 0.414. The van der Waals surface area contributed by atoms with E-state index in [1.807, 2.05) is 30.9 Å². The van der Waals surface area contributed by atoms with Crippen LogP contribution in [0.1, 0.15) is 11.6 Å². The van der Waals surface area contributed by atoms with Gasteiger partial charge in [-0.05, 0) is 36.2 Å². The molecule has 1 N–H and O–H groups in total. The quantitative estimate of drug-likeness (QED) is 0.813. The summed E-state index contributed by atoms with van der Waals surface area (Å²) in [6.45, 7) is 0. The van der Waals surface area contributed by atoms with Gasteiger partial charge in [-0.2, -0.15) is 0 Å². The van der Waals surface area contributed by atoms with E-state index in [0.717, 1.165) is 11.5 Å². The maximum atomic E-state index is 5.18. The average Bonchev–Trinajstić information content (AvgIpc) is 2.93. The van der Waals surface area contributed by atoms with Crippen molar-refractivity contribution in [3.8, 4) is 5.75 Å². The fourth-order valence-corrected chi connectivity index (χ4v) is 3.65. The van der Waals surface area contributed by atoms with Crippen molar-refractivity contribution in [3.05, 3.63) is 47.3 Å². The molecule has 1 unspecified atom stereocenters. The second kappa shape index (κ2) is 6.83. The number of rotatable bonds is 6. The van der Waals surface area contributed by atoms with Gasteiger partial charge in [-0.25, -0.2) is 0 Å². The Morgan fingerprint density at radius 3 is 2.61 bits per heavy atom. The van der Waals surface area contributed by atoms with Crippen LogP contribution in [0, 0.1) is 0 Å². The lowest BCUT2D eigenvalue weighted by Crippen LogP contribution is -2.18. The smallest absolute Gasteiger partial charge is 0.118 e. The maximum absolute atomic E-state index is 5.18. The number of hydrogen-bond acceptors (Lipinski definition) is 4. The van der Waals surface area contributed by atoms with E-state index in [4.69, 9.17) is 4.74 Å². The highest BCUT2D eigenvalue weighted by atomic mass is 32.2. The van der Waals surface area contributed by atoms with Crippen LogP contribution in [0.15, 0.2) is 46.0 Å². The molecule has 2 aromatic rings. The zero-order valence-corrected chi connectivity index (χ0v) is 12.2. The van der Waals surface area contributed by atoms with Crippen LogP contribution in [0.25, 0.3) is 0 Å². The molecule has 0 aliphatic heterocycles. The summed E-state index contributed by atoms with van der Waals surface area (Å²) in [5, 5.41) is 5.48. The molecule has 4 heteroatoms. The van der Waals surface area contributed by atoms with Crippen LogP contribution < -0.4 is 10.1 Å². The molecule has 0 fully saturated rings. The molecule has 1 aromatic carbocycles. The van der Waals surface area contributed by atoms with Crippen molar-refractivity contribution in [2.45, 2.75) is 10.3 Å². The molecule has 0 aliphatic rings. The summed E-state index contributed by atoms with van der Waals surface area (Å²) >= 11 is 3.68. The molecule has 0 saturated carbocycles. The number of methoxy groups -OCH3 is 1. The molecule has 18 heavy (non-hydrogen) atoms. The Labute approximate surface area is 116 Å². The van der Waals surface area contributed by atoms with Crippen LogP contribution in [-0.2, 0) is 0 Å². The van der Waals surface area contributed by atoms with E-state index in [1.54, 1.807) is 18.4 Å². The predicted octanol–water partition coefficient (Wildman–Crippen LogP) is 3.81. The molecule has 2 nitrogen and oxygen atoms in total. The van der Waals surface area contributed by atoms with Crippen LogP contribution in [0.5, 0.6) is 5.75 Å². The highest BCUT2D eigenvalue weighted by molar-refractivity contribution is 8.01. The number of benzene rings is 1. The molecule has 1 heterocycles. The first-order valence-corrected chi connectivity index (χ1v) is 7.67. The molecule has 96 valence electrons. The lowest BCUT2D eigenvalue weighted by Gasteiger charge is -2.16. The summed E-state index contributed by atoms with van der Waals surface area (Å²) in [6, 6.07) is 12.9. The van der Waals surface area contributed by atoms with Gasteiger partial charge in [0.15, 0.2) is 0 Å². The molecular weight excluding hydrogens is 262 g/mol. The Kier molecular flexibility index (Phi) is 5.11. The number of thiophene rings is 1. The monoisotopic (exact) mass is 279 g/mol. The fraction of sp³-hybridized carbons (Fsp3) is 0.286. The van der Waals surface area contributed by atoms with Crippen molar-refractivity contribution in [2.24, 2.45) is 0 Å². The fourth-order valence-electron chi connectivity index (χ4n) is 1.69. The summed E-state index contributed by atoms with van der Waals surface area (Å²) in [4.78, 5) is 0. The van der Waals surface area contributed by atoms with Gasteiger partial charge in [0.2, 0.25) is 0 Å². The van der Waals surface area contributed by atoms with E-state index in [2.05, 4.69) is 35.0 Å². The van der Waals surface area contributed by atoms with E-state index >= 15 is 0 Å². The Morgan fingerprint density at radius 2 is 2.06 bits per heavy atom. The Morgan fingerprint density at radius 1 is 1.28 bits per heavy atom. The Bertz CT molecular complexity index is 453. The zero-order chi connectivity index (χ0) is 12.8. The predicted molar refractivity (Wildman–Crippen MR) is 79.8 cm³/mol. The standard InChI is InChI=1S/C14H17NOS2/c1-15-13(10-18-14-4-3-9-17-14)11-5-7-12(16-2)8-6-11/h3-9,13,15H,10H2,1-2H3. The van der Waals surface area contributed by atoms with Crippen LogP contribution >= 0.6 is 23.1 Å². The third kappa shape index (κ3) is 3.51. The second-order valence-electron chi connectivity index (χ2n) is 3.86. The second-order valence-corrected chi connectivity index (χ2v) is 6.13. The first-order chi connectivity index (χ1) is 8.83. The minimum absolute atomic E-state index is 0.364. The van der Waals surface area contributed by atoms with Gasteiger partial charge in [0.1, 0.15) is 5.75 Å². The first kappa shape index (κ1) is 13.5. The third-order valence-corrected chi connectivity index (χ3v) is 4.98. The van der Waals surface area contributed by atoms with E-state index in [1.165, 1.54) is 9.77 Å². The number of hydrogen-bond donors (Lipinski definition) is 1. The minimum atomic E-state index is 0.364. The van der Waals surface area contributed by atoms with Crippen molar-refractivity contribution >= 4 is 23.1 Å². The third-order valence-electron chi connectivity index (χ3n) is 2.75. The van der Waals surface area contributed by atoms with Gasteiger partial charge in [-0.15, -0.1) is 23.1 Å². The maximum Gasteiger partial charge on any atom is 0.118 e. The van der Waals surface area contributed by atoms with Gasteiger partial charge in [-0.3, -0.25) is 0 Å². The average molecular weight is 279 g/mol. The van der Waals surface area contributed by atoms with Gasteiger partial charge in [0.05, 0.1) is 11.3 Å². The molecule has 0 spiro atoms. The van der Waals surface area contributed by atoms with Crippen molar-refractivity contribution < 1.29 is 4.74 Å². The number of ether oxygens (including phenoxy) is 1. The van der Waals surface area contributed by atoms with Gasteiger partial charge in [-0.1, -0.05) is 18.2 Å². The zero-order valence-electron chi connectivity index (χ0n) is 10.6. The normalized spacial score (nSPS) is 12.3. The number of thioether (sulfide) groups is 1. The molecule has 0 radical (unpaired) electrons. The molecule has 1 atom stereocenters. The van der Waals surface area contributed by atoms with Gasteiger partial charge in [0, 0.05) is 11.8 Å². The summed E-state index contributed by atoms with van der Waals surface area (Å²) < 4.78 is 6.54. The summed E-state index contributed by atoms with van der Waals surface area (Å²) in [6.07, 6.45) is 0. The van der Waals surface area contributed by atoms with Crippen molar-refractivity contribution in [3.63, 3.8) is 0 Å². The summed E-state index contributed by atoms with van der Waals surface area (Å²) in [7, 11) is 3.70. The van der Waals surface area contributed by atoms with E-state index in [9.17, 15) is 0 Å². The highest BCUT2D eigenvalue weighted by Gasteiger charge is 2.10. The summed E-state index contributed by atoms with van der Waals surface area (Å²) in [5.41, 5.74) is 1.29. The van der Waals surface area contributed by atoms with Crippen molar-refractivity contribution in [1.82, 2.24) is 5.32 Å². The Hall–Kier alpha value is -0.970. The van der Waals surface area contributed by atoms with Gasteiger partial charge < -0.3 is 10.1 Å². The summed E-state index contributed by atoms with van der Waals surface area (Å²) in [5.74, 6) is 1.93. The van der Waals surface area contributed by atoms with E-state index < -0.39 is 0 Å². The lowest BCUT2D eigenvalue weighted by atomic mass is 10.1. The van der Waals surface area contributed by atoms with Crippen molar-refractivity contribution in [2.75, 3.05) is 19.9 Å². The topological polar surface area (TPSA) is 21.3 Å². The van der Waals surface area contributed by atoms with Crippen LogP contribution in [0.3, 0.4) is 0 Å². The largest absolute Gasteiger partial charge is 0.497 e. The Balaban J connectivity index is 1.98.